The normalized spacial score (nSPS) is 11.2. The SMILES string of the molecule is NC(=O)N/N=C\c1cn(Cc2ccc(Cl)cc2Cl)c2ccccc12. The Hall–Kier alpha value is -2.50. The zero-order valence-electron chi connectivity index (χ0n) is 12.5. The summed E-state index contributed by atoms with van der Waals surface area (Å²) in [4.78, 5) is 10.7. The van der Waals surface area contributed by atoms with Crippen molar-refractivity contribution < 1.29 is 4.79 Å². The lowest BCUT2D eigenvalue weighted by Crippen LogP contribution is -2.24. The molecular weight excluding hydrogens is 347 g/mol. The highest BCUT2D eigenvalue weighted by molar-refractivity contribution is 6.35. The lowest BCUT2D eigenvalue weighted by Gasteiger charge is -2.08. The molecule has 0 fully saturated rings. The standard InChI is InChI=1S/C17H14Cl2N4O/c18-13-6-5-11(15(19)7-13)9-23-10-12(8-21-22-17(20)24)14-3-1-2-4-16(14)23/h1-8,10H,9H2,(H3,20,22,24)/b21-8-. The van der Waals surface area contributed by atoms with E-state index in [0.29, 0.717) is 16.6 Å². The molecule has 0 saturated heterocycles. The minimum absolute atomic E-state index is 0.591. The smallest absolute Gasteiger partial charge is 0.332 e. The lowest BCUT2D eigenvalue weighted by atomic mass is 10.2. The van der Waals surface area contributed by atoms with Crippen molar-refractivity contribution in [2.45, 2.75) is 6.54 Å². The molecule has 0 aliphatic carbocycles. The van der Waals surface area contributed by atoms with Gasteiger partial charge in [-0.25, -0.2) is 10.2 Å². The maximum atomic E-state index is 10.7. The number of nitrogens with two attached hydrogens (primary N) is 1. The molecule has 3 aromatic rings. The molecule has 2 aromatic carbocycles. The average molecular weight is 361 g/mol. The molecule has 122 valence electrons. The van der Waals surface area contributed by atoms with Gasteiger partial charge in [-0.15, -0.1) is 0 Å². The number of para-hydroxylation sites is 1. The summed E-state index contributed by atoms with van der Waals surface area (Å²) in [5, 5.41) is 6.07. The Bertz CT molecular complexity index is 933. The van der Waals surface area contributed by atoms with Crippen LogP contribution in [-0.2, 0) is 6.54 Å². The fraction of sp³-hybridized carbons (Fsp3) is 0.0588. The second-order valence-corrected chi connectivity index (χ2v) is 6.04. The van der Waals surface area contributed by atoms with Crippen molar-refractivity contribution >= 4 is 46.4 Å². The van der Waals surface area contributed by atoms with E-state index in [1.54, 1.807) is 12.3 Å². The summed E-state index contributed by atoms with van der Waals surface area (Å²) in [6.07, 6.45) is 3.51. The van der Waals surface area contributed by atoms with Crippen LogP contribution >= 0.6 is 23.2 Å². The maximum Gasteiger partial charge on any atom is 0.332 e. The van der Waals surface area contributed by atoms with Crippen molar-refractivity contribution in [1.29, 1.82) is 0 Å². The van der Waals surface area contributed by atoms with Crippen LogP contribution in [-0.4, -0.2) is 16.8 Å². The highest BCUT2D eigenvalue weighted by Gasteiger charge is 2.09. The molecule has 1 heterocycles. The molecule has 0 bridgehead atoms. The highest BCUT2D eigenvalue weighted by atomic mass is 35.5. The van der Waals surface area contributed by atoms with Crippen LogP contribution in [0, 0.1) is 0 Å². The summed E-state index contributed by atoms with van der Waals surface area (Å²) in [5.74, 6) is 0. The Labute approximate surface area is 148 Å². The number of hydrazone groups is 1. The van der Waals surface area contributed by atoms with Crippen LogP contribution in [0.25, 0.3) is 10.9 Å². The number of nitrogens with zero attached hydrogens (tertiary/aromatic N) is 2. The molecule has 0 radical (unpaired) electrons. The Morgan fingerprint density at radius 2 is 2.04 bits per heavy atom. The molecule has 0 spiro atoms. The number of benzene rings is 2. The molecule has 2 amide bonds. The van der Waals surface area contributed by atoms with Gasteiger partial charge in [0.1, 0.15) is 0 Å². The number of hydrogen-bond donors (Lipinski definition) is 2. The first-order valence-electron chi connectivity index (χ1n) is 7.15. The van der Waals surface area contributed by atoms with Gasteiger partial charge in [0, 0.05) is 39.3 Å². The second-order valence-electron chi connectivity index (χ2n) is 5.20. The number of carbonyl (C=O) groups excluding carboxylic acids is 1. The van der Waals surface area contributed by atoms with E-state index >= 15 is 0 Å². The van der Waals surface area contributed by atoms with Crippen molar-refractivity contribution in [3.05, 3.63) is 69.8 Å². The zero-order chi connectivity index (χ0) is 17.1. The predicted octanol–water partition coefficient (Wildman–Crippen LogP) is 4.00. The van der Waals surface area contributed by atoms with Crippen molar-refractivity contribution in [1.82, 2.24) is 9.99 Å². The van der Waals surface area contributed by atoms with Crippen LogP contribution in [0.15, 0.2) is 53.8 Å². The fourth-order valence-electron chi connectivity index (χ4n) is 2.51. The van der Waals surface area contributed by atoms with Crippen LogP contribution in [0.4, 0.5) is 4.79 Å². The van der Waals surface area contributed by atoms with Crippen molar-refractivity contribution in [2.75, 3.05) is 0 Å². The zero-order valence-corrected chi connectivity index (χ0v) is 14.1. The number of hydrogen-bond acceptors (Lipinski definition) is 2. The van der Waals surface area contributed by atoms with E-state index in [9.17, 15) is 4.79 Å². The Balaban J connectivity index is 1.99. The highest BCUT2D eigenvalue weighted by Crippen LogP contribution is 2.25. The minimum atomic E-state index is -0.706. The molecular formula is C17H14Cl2N4O. The van der Waals surface area contributed by atoms with Gasteiger partial charge in [-0.1, -0.05) is 47.5 Å². The van der Waals surface area contributed by atoms with E-state index < -0.39 is 6.03 Å². The van der Waals surface area contributed by atoms with Crippen LogP contribution in [0.2, 0.25) is 10.0 Å². The lowest BCUT2D eigenvalue weighted by molar-refractivity contribution is 0.249. The molecule has 3 rings (SSSR count). The number of primary amides is 1. The number of rotatable bonds is 4. The largest absolute Gasteiger partial charge is 0.350 e. The third-order valence-electron chi connectivity index (χ3n) is 3.55. The number of carbonyl (C=O) groups is 1. The molecule has 0 aliphatic rings. The van der Waals surface area contributed by atoms with E-state index in [4.69, 9.17) is 28.9 Å². The van der Waals surface area contributed by atoms with Crippen LogP contribution in [0.5, 0.6) is 0 Å². The van der Waals surface area contributed by atoms with Gasteiger partial charge in [0.05, 0.1) is 6.21 Å². The Kier molecular flexibility index (Phi) is 4.74. The summed E-state index contributed by atoms with van der Waals surface area (Å²) in [5.41, 5.74) is 10.1. The third kappa shape index (κ3) is 3.53. The average Bonchev–Trinajstić information content (AvgIpc) is 2.88. The van der Waals surface area contributed by atoms with Crippen molar-refractivity contribution in [2.24, 2.45) is 10.8 Å². The summed E-state index contributed by atoms with van der Waals surface area (Å²) in [6, 6.07) is 12.6. The van der Waals surface area contributed by atoms with E-state index in [-0.39, 0.29) is 0 Å². The van der Waals surface area contributed by atoms with Crippen LogP contribution < -0.4 is 11.2 Å². The molecule has 24 heavy (non-hydrogen) atoms. The molecule has 0 saturated carbocycles. The van der Waals surface area contributed by atoms with Gasteiger partial charge in [-0.2, -0.15) is 5.10 Å². The first-order chi connectivity index (χ1) is 11.5. The van der Waals surface area contributed by atoms with Gasteiger partial charge in [-0.05, 0) is 23.8 Å². The fourth-order valence-corrected chi connectivity index (χ4v) is 2.98. The minimum Gasteiger partial charge on any atom is -0.350 e. The van der Waals surface area contributed by atoms with Gasteiger partial charge in [0.25, 0.3) is 0 Å². The van der Waals surface area contributed by atoms with Crippen molar-refractivity contribution in [3.63, 3.8) is 0 Å². The van der Waals surface area contributed by atoms with Gasteiger partial charge in [-0.3, -0.25) is 0 Å². The summed E-state index contributed by atoms with van der Waals surface area (Å²) >= 11 is 12.2. The molecule has 0 unspecified atom stereocenters. The van der Waals surface area contributed by atoms with Crippen LogP contribution in [0.3, 0.4) is 0 Å². The summed E-state index contributed by atoms with van der Waals surface area (Å²) < 4.78 is 2.07. The van der Waals surface area contributed by atoms with Gasteiger partial charge >= 0.3 is 6.03 Å². The van der Waals surface area contributed by atoms with Gasteiger partial charge in [0.2, 0.25) is 0 Å². The number of nitrogens with one attached hydrogen (secondary N) is 1. The topological polar surface area (TPSA) is 72.4 Å². The van der Waals surface area contributed by atoms with E-state index in [2.05, 4.69) is 15.1 Å². The van der Waals surface area contributed by atoms with Gasteiger partial charge in [0.15, 0.2) is 0 Å². The quantitative estimate of drug-likeness (QED) is 0.535. The molecule has 1 aromatic heterocycles. The third-order valence-corrected chi connectivity index (χ3v) is 4.14. The molecule has 0 atom stereocenters. The Morgan fingerprint density at radius 3 is 2.79 bits per heavy atom. The monoisotopic (exact) mass is 360 g/mol. The Morgan fingerprint density at radius 1 is 1.25 bits per heavy atom. The summed E-state index contributed by atoms with van der Waals surface area (Å²) in [7, 11) is 0. The molecule has 5 nitrogen and oxygen atoms in total. The number of fused-ring (bicyclic) bond motifs is 1. The number of aromatic nitrogens is 1. The number of amides is 2. The van der Waals surface area contributed by atoms with Crippen molar-refractivity contribution in [3.8, 4) is 0 Å². The number of urea groups is 1. The van der Waals surface area contributed by atoms with E-state index in [1.807, 2.05) is 42.6 Å². The summed E-state index contributed by atoms with van der Waals surface area (Å²) in [6.45, 7) is 0.591. The van der Waals surface area contributed by atoms with E-state index in [0.717, 1.165) is 22.0 Å². The number of halogens is 2. The maximum absolute atomic E-state index is 10.7. The predicted molar refractivity (Wildman–Crippen MR) is 97.8 cm³/mol. The first kappa shape index (κ1) is 16.4. The van der Waals surface area contributed by atoms with Crippen LogP contribution in [0.1, 0.15) is 11.1 Å². The molecule has 3 N–H and O–H groups in total. The molecule has 0 aliphatic heterocycles. The first-order valence-corrected chi connectivity index (χ1v) is 7.90. The molecule has 7 heteroatoms. The van der Waals surface area contributed by atoms with Gasteiger partial charge < -0.3 is 10.3 Å². The second kappa shape index (κ2) is 6.95. The van der Waals surface area contributed by atoms with E-state index in [1.165, 1.54) is 0 Å².